The Hall–Kier alpha value is -1.32. The first-order valence-electron chi connectivity index (χ1n) is 6.16. The molecule has 0 aromatic rings. The molecule has 1 rings (SSSR count). The van der Waals surface area contributed by atoms with E-state index >= 15 is 0 Å². The van der Waals surface area contributed by atoms with Gasteiger partial charge in [0.1, 0.15) is 6.54 Å². The molecule has 4 nitrogen and oxygen atoms in total. The second-order valence-corrected chi connectivity index (χ2v) is 4.86. The van der Waals surface area contributed by atoms with Crippen molar-refractivity contribution in [3.8, 4) is 0 Å². The average Bonchev–Trinajstić information content (AvgIpc) is 2.28. The summed E-state index contributed by atoms with van der Waals surface area (Å²) < 4.78 is 0. The highest BCUT2D eigenvalue weighted by Gasteiger charge is 2.28. The predicted octanol–water partition coefficient (Wildman–Crippen LogP) is 1.91. The van der Waals surface area contributed by atoms with Gasteiger partial charge in [0.2, 0.25) is 5.91 Å². The van der Waals surface area contributed by atoms with Crippen molar-refractivity contribution in [2.24, 2.45) is 11.8 Å². The van der Waals surface area contributed by atoms with E-state index in [-0.39, 0.29) is 18.4 Å². The molecule has 0 saturated heterocycles. The summed E-state index contributed by atoms with van der Waals surface area (Å²) in [5.74, 6) is -0.305. The van der Waals surface area contributed by atoms with Gasteiger partial charge in [-0.25, -0.2) is 0 Å². The maximum absolute atomic E-state index is 12.1. The third-order valence-electron chi connectivity index (χ3n) is 3.35. The molecule has 0 unspecified atom stereocenters. The van der Waals surface area contributed by atoms with Crippen LogP contribution in [0.25, 0.3) is 0 Å². The number of carboxylic acids is 1. The van der Waals surface area contributed by atoms with Crippen molar-refractivity contribution in [2.45, 2.75) is 32.6 Å². The number of rotatable bonds is 5. The van der Waals surface area contributed by atoms with Gasteiger partial charge < -0.3 is 10.0 Å². The summed E-state index contributed by atoms with van der Waals surface area (Å²) in [7, 11) is 0. The van der Waals surface area contributed by atoms with Crippen molar-refractivity contribution >= 4 is 11.9 Å². The minimum Gasteiger partial charge on any atom is -0.480 e. The van der Waals surface area contributed by atoms with Crippen LogP contribution >= 0.6 is 0 Å². The molecule has 1 aliphatic rings. The second-order valence-electron chi connectivity index (χ2n) is 4.86. The van der Waals surface area contributed by atoms with E-state index in [1.54, 1.807) is 6.08 Å². The van der Waals surface area contributed by atoms with Crippen LogP contribution in [0.15, 0.2) is 12.7 Å². The first kappa shape index (κ1) is 13.7. The number of carbonyl (C=O) groups is 2. The van der Waals surface area contributed by atoms with E-state index in [4.69, 9.17) is 5.11 Å². The van der Waals surface area contributed by atoms with Gasteiger partial charge in [-0.3, -0.25) is 9.59 Å². The lowest BCUT2D eigenvalue weighted by molar-refractivity contribution is -0.146. The third kappa shape index (κ3) is 4.21. The molecule has 4 heteroatoms. The minimum absolute atomic E-state index is 0.00509. The Morgan fingerprint density at radius 2 is 1.94 bits per heavy atom. The van der Waals surface area contributed by atoms with E-state index in [2.05, 4.69) is 13.5 Å². The van der Waals surface area contributed by atoms with E-state index in [9.17, 15) is 9.59 Å². The summed E-state index contributed by atoms with van der Waals surface area (Å²) in [6.45, 7) is 5.85. The summed E-state index contributed by atoms with van der Waals surface area (Å²) in [6.07, 6.45) is 5.46. The Balaban J connectivity index is 2.57. The van der Waals surface area contributed by atoms with Crippen LogP contribution in [0.3, 0.4) is 0 Å². The van der Waals surface area contributed by atoms with Gasteiger partial charge in [-0.2, -0.15) is 0 Å². The van der Waals surface area contributed by atoms with Gasteiger partial charge in [-0.05, 0) is 31.6 Å². The van der Waals surface area contributed by atoms with Crippen molar-refractivity contribution < 1.29 is 14.7 Å². The highest BCUT2D eigenvalue weighted by atomic mass is 16.4. The van der Waals surface area contributed by atoms with E-state index in [0.29, 0.717) is 12.5 Å². The largest absolute Gasteiger partial charge is 0.480 e. The monoisotopic (exact) mass is 239 g/mol. The molecule has 1 fully saturated rings. The van der Waals surface area contributed by atoms with Crippen molar-refractivity contribution in [3.05, 3.63) is 12.7 Å². The molecule has 0 spiro atoms. The average molecular weight is 239 g/mol. The number of carbonyl (C=O) groups excluding carboxylic acids is 1. The zero-order valence-electron chi connectivity index (χ0n) is 10.4. The molecule has 96 valence electrons. The van der Waals surface area contributed by atoms with Gasteiger partial charge in [0.25, 0.3) is 0 Å². The lowest BCUT2D eigenvalue weighted by atomic mass is 9.82. The molecule has 1 saturated carbocycles. The number of nitrogens with zero attached hydrogens (tertiary/aromatic N) is 1. The Bertz CT molecular complexity index is 293. The van der Waals surface area contributed by atoms with Gasteiger partial charge in [-0.1, -0.05) is 13.0 Å². The molecular formula is C13H21NO3. The maximum atomic E-state index is 12.1. The smallest absolute Gasteiger partial charge is 0.323 e. The van der Waals surface area contributed by atoms with E-state index in [1.165, 1.54) is 4.90 Å². The SMILES string of the molecule is C=CCN(CC(=O)O)C(=O)C1CCC(C)CC1. The van der Waals surface area contributed by atoms with Crippen LogP contribution < -0.4 is 0 Å². The van der Waals surface area contributed by atoms with E-state index in [0.717, 1.165) is 25.7 Å². The summed E-state index contributed by atoms with van der Waals surface area (Å²) in [6, 6.07) is 0. The number of hydrogen-bond donors (Lipinski definition) is 1. The quantitative estimate of drug-likeness (QED) is 0.746. The van der Waals surface area contributed by atoms with Crippen molar-refractivity contribution in [2.75, 3.05) is 13.1 Å². The standard InChI is InChI=1S/C13H21NO3/c1-3-8-14(9-12(15)16)13(17)11-6-4-10(2)5-7-11/h3,10-11H,1,4-9H2,2H3,(H,15,16). The molecule has 0 aromatic carbocycles. The number of hydrogen-bond acceptors (Lipinski definition) is 2. The van der Waals surface area contributed by atoms with Gasteiger partial charge in [-0.15, -0.1) is 6.58 Å². The Morgan fingerprint density at radius 3 is 2.41 bits per heavy atom. The summed E-state index contributed by atoms with van der Waals surface area (Å²) >= 11 is 0. The van der Waals surface area contributed by atoms with E-state index < -0.39 is 5.97 Å². The number of amides is 1. The second kappa shape index (κ2) is 6.42. The Labute approximate surface area is 102 Å². The summed E-state index contributed by atoms with van der Waals surface area (Å²) in [4.78, 5) is 24.2. The molecular weight excluding hydrogens is 218 g/mol. The topological polar surface area (TPSA) is 57.6 Å². The minimum atomic E-state index is -0.968. The maximum Gasteiger partial charge on any atom is 0.323 e. The molecule has 1 N–H and O–H groups in total. The highest BCUT2D eigenvalue weighted by Crippen LogP contribution is 2.29. The number of carboxylic acid groups (broad SMARTS) is 1. The molecule has 0 aromatic heterocycles. The molecule has 0 bridgehead atoms. The van der Waals surface area contributed by atoms with Crippen molar-refractivity contribution in [1.29, 1.82) is 0 Å². The summed E-state index contributed by atoms with van der Waals surface area (Å²) in [5, 5.41) is 8.77. The predicted molar refractivity (Wildman–Crippen MR) is 65.5 cm³/mol. The Morgan fingerprint density at radius 1 is 1.35 bits per heavy atom. The van der Waals surface area contributed by atoms with Gasteiger partial charge in [0, 0.05) is 12.5 Å². The lowest BCUT2D eigenvalue weighted by Gasteiger charge is -2.29. The molecule has 17 heavy (non-hydrogen) atoms. The molecule has 0 aliphatic heterocycles. The van der Waals surface area contributed by atoms with Crippen LogP contribution in [0.4, 0.5) is 0 Å². The van der Waals surface area contributed by atoms with Crippen LogP contribution in [0.5, 0.6) is 0 Å². The normalized spacial score (nSPS) is 24.1. The van der Waals surface area contributed by atoms with Crippen molar-refractivity contribution in [3.63, 3.8) is 0 Å². The van der Waals surface area contributed by atoms with Crippen LogP contribution in [-0.2, 0) is 9.59 Å². The molecule has 1 amide bonds. The van der Waals surface area contributed by atoms with Crippen LogP contribution in [0.1, 0.15) is 32.6 Å². The van der Waals surface area contributed by atoms with Crippen LogP contribution in [0, 0.1) is 11.8 Å². The highest BCUT2D eigenvalue weighted by molar-refractivity contribution is 5.83. The molecule has 1 aliphatic carbocycles. The summed E-state index contributed by atoms with van der Waals surface area (Å²) in [5.41, 5.74) is 0. The fraction of sp³-hybridized carbons (Fsp3) is 0.692. The van der Waals surface area contributed by atoms with Gasteiger partial charge >= 0.3 is 5.97 Å². The fourth-order valence-electron chi connectivity index (χ4n) is 2.32. The molecule has 0 radical (unpaired) electrons. The fourth-order valence-corrected chi connectivity index (χ4v) is 2.32. The first-order valence-corrected chi connectivity index (χ1v) is 6.16. The molecule has 0 atom stereocenters. The first-order chi connectivity index (χ1) is 8.04. The van der Waals surface area contributed by atoms with Crippen LogP contribution in [-0.4, -0.2) is 35.0 Å². The molecule has 0 heterocycles. The number of aliphatic carboxylic acids is 1. The van der Waals surface area contributed by atoms with Crippen LogP contribution in [0.2, 0.25) is 0 Å². The third-order valence-corrected chi connectivity index (χ3v) is 3.35. The van der Waals surface area contributed by atoms with Gasteiger partial charge in [0.15, 0.2) is 0 Å². The zero-order valence-corrected chi connectivity index (χ0v) is 10.4. The van der Waals surface area contributed by atoms with Crippen molar-refractivity contribution in [1.82, 2.24) is 4.90 Å². The van der Waals surface area contributed by atoms with E-state index in [1.807, 2.05) is 0 Å². The Kier molecular flexibility index (Phi) is 5.19. The lowest BCUT2D eigenvalue weighted by Crippen LogP contribution is -2.40. The zero-order chi connectivity index (χ0) is 12.8. The van der Waals surface area contributed by atoms with Gasteiger partial charge in [0.05, 0.1) is 0 Å².